The second-order valence-electron chi connectivity index (χ2n) is 6.84. The average Bonchev–Trinajstić information content (AvgIpc) is 2.58. The van der Waals surface area contributed by atoms with Crippen LogP contribution in [0.4, 0.5) is 15.3 Å². The first-order chi connectivity index (χ1) is 12.6. The average molecular weight is 374 g/mol. The van der Waals surface area contributed by atoms with Crippen molar-refractivity contribution >= 4 is 23.7 Å². The van der Waals surface area contributed by atoms with E-state index in [9.17, 15) is 14.4 Å². The van der Waals surface area contributed by atoms with Crippen LogP contribution in [0, 0.1) is 0 Å². The molecule has 1 aliphatic heterocycles. The lowest BCUT2D eigenvalue weighted by Gasteiger charge is -2.33. The number of urea groups is 2. The van der Waals surface area contributed by atoms with Gasteiger partial charge in [-0.2, -0.15) is 0 Å². The van der Waals surface area contributed by atoms with Crippen LogP contribution in [0.1, 0.15) is 32.4 Å². The zero-order valence-electron chi connectivity index (χ0n) is 16.5. The predicted molar refractivity (Wildman–Crippen MR) is 102 cm³/mol. The van der Waals surface area contributed by atoms with Crippen LogP contribution < -0.4 is 10.6 Å². The minimum atomic E-state index is -0.670. The summed E-state index contributed by atoms with van der Waals surface area (Å²) >= 11 is 0. The number of nitrogens with one attached hydrogen (secondary N) is 2. The molecule has 8 heteroatoms. The van der Waals surface area contributed by atoms with E-state index in [0.717, 1.165) is 0 Å². The summed E-state index contributed by atoms with van der Waals surface area (Å²) in [5, 5.41) is 5.59. The Kier molecular flexibility index (Phi) is 6.09. The fraction of sp³-hybridized carbons (Fsp3) is 0.421. The van der Waals surface area contributed by atoms with Crippen molar-refractivity contribution < 1.29 is 19.1 Å². The number of hydrogen-bond acceptors (Lipinski definition) is 4. The monoisotopic (exact) mass is 374 g/mol. The topological polar surface area (TPSA) is 91.0 Å². The van der Waals surface area contributed by atoms with Gasteiger partial charge >= 0.3 is 18.0 Å². The molecule has 0 radical (unpaired) electrons. The highest BCUT2D eigenvalue weighted by atomic mass is 16.5. The Morgan fingerprint density at radius 3 is 2.56 bits per heavy atom. The van der Waals surface area contributed by atoms with Crippen LogP contribution in [0.25, 0.3) is 0 Å². The van der Waals surface area contributed by atoms with E-state index in [-0.39, 0.29) is 18.2 Å². The van der Waals surface area contributed by atoms with Gasteiger partial charge in [-0.1, -0.05) is 12.1 Å². The molecule has 0 bridgehead atoms. The minimum absolute atomic E-state index is 0.272. The van der Waals surface area contributed by atoms with Crippen molar-refractivity contribution in [2.75, 3.05) is 26.5 Å². The van der Waals surface area contributed by atoms with Crippen LogP contribution in [0.15, 0.2) is 35.5 Å². The first kappa shape index (κ1) is 20.3. The van der Waals surface area contributed by atoms with E-state index in [1.165, 1.54) is 9.80 Å². The van der Waals surface area contributed by atoms with E-state index in [4.69, 9.17) is 4.74 Å². The molecule has 0 fully saturated rings. The summed E-state index contributed by atoms with van der Waals surface area (Å²) in [5.41, 5.74) is 2.12. The number of rotatable bonds is 4. The standard InChI is InChI=1S/C19H26N4O4/c1-11(2)27-17(24)15-12(3)23(6)19(26)21-16(15)13-8-7-9-14(10-13)20-18(25)22(4)5/h7-11,16H,1-6H3,(H,20,25)(H,21,26). The summed E-state index contributed by atoms with van der Waals surface area (Å²) in [6.45, 7) is 5.25. The molecule has 1 atom stereocenters. The van der Waals surface area contributed by atoms with E-state index in [1.54, 1.807) is 66.2 Å². The number of allylic oxidation sites excluding steroid dienone is 1. The van der Waals surface area contributed by atoms with Gasteiger partial charge in [-0.3, -0.25) is 0 Å². The Morgan fingerprint density at radius 1 is 1.30 bits per heavy atom. The zero-order valence-corrected chi connectivity index (χ0v) is 16.5. The van der Waals surface area contributed by atoms with Gasteiger partial charge in [0.25, 0.3) is 0 Å². The molecule has 0 spiro atoms. The first-order valence-corrected chi connectivity index (χ1v) is 8.66. The number of hydrogen-bond donors (Lipinski definition) is 2. The number of anilines is 1. The van der Waals surface area contributed by atoms with Gasteiger partial charge in [0.1, 0.15) is 0 Å². The number of benzene rings is 1. The van der Waals surface area contributed by atoms with Gasteiger partial charge in [-0.25, -0.2) is 14.4 Å². The van der Waals surface area contributed by atoms with Gasteiger partial charge in [0.2, 0.25) is 0 Å². The molecule has 27 heavy (non-hydrogen) atoms. The summed E-state index contributed by atoms with van der Waals surface area (Å²) in [6.07, 6.45) is -0.285. The highest BCUT2D eigenvalue weighted by molar-refractivity contribution is 5.95. The molecule has 0 aromatic heterocycles. The maximum absolute atomic E-state index is 12.7. The Hall–Kier alpha value is -3.03. The predicted octanol–water partition coefficient (Wildman–Crippen LogP) is 2.70. The number of esters is 1. The summed E-state index contributed by atoms with van der Waals surface area (Å²) in [5.74, 6) is -0.484. The Balaban J connectivity index is 2.43. The lowest BCUT2D eigenvalue weighted by atomic mass is 9.94. The number of amides is 4. The van der Waals surface area contributed by atoms with Crippen LogP contribution in [0.3, 0.4) is 0 Å². The summed E-state index contributed by atoms with van der Waals surface area (Å²) in [6, 6.07) is 5.75. The van der Waals surface area contributed by atoms with E-state index in [0.29, 0.717) is 22.5 Å². The van der Waals surface area contributed by atoms with Crippen molar-refractivity contribution in [3.05, 3.63) is 41.1 Å². The van der Waals surface area contributed by atoms with E-state index < -0.39 is 12.0 Å². The molecule has 8 nitrogen and oxygen atoms in total. The molecule has 1 aromatic carbocycles. The molecule has 0 saturated carbocycles. The molecular weight excluding hydrogens is 348 g/mol. The van der Waals surface area contributed by atoms with E-state index in [1.807, 2.05) is 0 Å². The molecule has 1 unspecified atom stereocenters. The van der Waals surface area contributed by atoms with Gasteiger partial charge in [0.05, 0.1) is 17.7 Å². The van der Waals surface area contributed by atoms with Gasteiger partial charge in [0.15, 0.2) is 0 Å². The largest absolute Gasteiger partial charge is 0.459 e. The van der Waals surface area contributed by atoms with Crippen molar-refractivity contribution in [1.82, 2.24) is 15.1 Å². The summed E-state index contributed by atoms with van der Waals surface area (Å²) < 4.78 is 5.37. The highest BCUT2D eigenvalue weighted by Gasteiger charge is 2.35. The normalized spacial score (nSPS) is 16.9. The molecule has 146 valence electrons. The maximum atomic E-state index is 12.7. The summed E-state index contributed by atoms with van der Waals surface area (Å²) in [7, 11) is 4.88. The quantitative estimate of drug-likeness (QED) is 0.793. The third kappa shape index (κ3) is 4.58. The van der Waals surface area contributed by atoms with Crippen molar-refractivity contribution in [3.8, 4) is 0 Å². The minimum Gasteiger partial charge on any atom is -0.459 e. The molecule has 1 heterocycles. The molecule has 2 rings (SSSR count). The Morgan fingerprint density at radius 2 is 1.96 bits per heavy atom. The lowest BCUT2D eigenvalue weighted by Crippen LogP contribution is -2.46. The number of carbonyl (C=O) groups excluding carboxylic acids is 3. The van der Waals surface area contributed by atoms with Gasteiger partial charge in [-0.05, 0) is 38.5 Å². The van der Waals surface area contributed by atoms with E-state index >= 15 is 0 Å². The van der Waals surface area contributed by atoms with Crippen LogP contribution in [0.2, 0.25) is 0 Å². The van der Waals surface area contributed by atoms with Crippen LogP contribution >= 0.6 is 0 Å². The molecular formula is C19H26N4O4. The number of ether oxygens (including phenoxy) is 1. The molecule has 0 saturated heterocycles. The van der Waals surface area contributed by atoms with Gasteiger partial charge in [0, 0.05) is 32.5 Å². The fourth-order valence-electron chi connectivity index (χ4n) is 2.66. The number of nitrogens with zero attached hydrogens (tertiary/aromatic N) is 2. The van der Waals surface area contributed by atoms with Crippen LogP contribution in [-0.4, -0.2) is 55.1 Å². The van der Waals surface area contributed by atoms with Crippen molar-refractivity contribution in [3.63, 3.8) is 0 Å². The van der Waals surface area contributed by atoms with Crippen LogP contribution in [-0.2, 0) is 9.53 Å². The molecule has 2 N–H and O–H groups in total. The van der Waals surface area contributed by atoms with Gasteiger partial charge in [-0.15, -0.1) is 0 Å². The third-order valence-electron chi connectivity index (χ3n) is 4.19. The van der Waals surface area contributed by atoms with Crippen LogP contribution in [0.5, 0.6) is 0 Å². The SMILES string of the molecule is CC1=C(C(=O)OC(C)C)C(c2cccc(NC(=O)N(C)C)c2)NC(=O)N1C. The van der Waals surface area contributed by atoms with Crippen molar-refractivity contribution in [2.24, 2.45) is 0 Å². The Bertz CT molecular complexity index is 786. The fourth-order valence-corrected chi connectivity index (χ4v) is 2.66. The zero-order chi connectivity index (χ0) is 20.3. The van der Waals surface area contributed by atoms with Crippen molar-refractivity contribution in [1.29, 1.82) is 0 Å². The first-order valence-electron chi connectivity index (χ1n) is 8.66. The number of carbonyl (C=O) groups is 3. The smallest absolute Gasteiger partial charge is 0.338 e. The van der Waals surface area contributed by atoms with E-state index in [2.05, 4.69) is 10.6 Å². The van der Waals surface area contributed by atoms with Crippen molar-refractivity contribution in [2.45, 2.75) is 32.9 Å². The molecule has 4 amide bonds. The second kappa shape index (κ2) is 8.11. The lowest BCUT2D eigenvalue weighted by molar-refractivity contribution is -0.143. The molecule has 1 aliphatic rings. The Labute approximate surface area is 159 Å². The second-order valence-corrected chi connectivity index (χ2v) is 6.84. The molecule has 0 aliphatic carbocycles. The highest BCUT2D eigenvalue weighted by Crippen LogP contribution is 2.32. The van der Waals surface area contributed by atoms with Gasteiger partial charge < -0.3 is 25.2 Å². The maximum Gasteiger partial charge on any atom is 0.338 e. The third-order valence-corrected chi connectivity index (χ3v) is 4.19. The molecule has 1 aromatic rings. The summed E-state index contributed by atoms with van der Waals surface area (Å²) in [4.78, 5) is 39.6.